The van der Waals surface area contributed by atoms with Crippen LogP contribution < -0.4 is 5.73 Å². The van der Waals surface area contributed by atoms with Gasteiger partial charge in [-0.3, -0.25) is 5.10 Å². The second-order valence-electron chi connectivity index (χ2n) is 5.16. The predicted molar refractivity (Wildman–Crippen MR) is 61.3 cm³/mol. The molecule has 1 aliphatic heterocycles. The third-order valence-electron chi connectivity index (χ3n) is 2.44. The number of rotatable bonds is 1. The first-order valence-corrected chi connectivity index (χ1v) is 5.51. The average Bonchev–Trinajstić information content (AvgIpc) is 2.45. The van der Waals surface area contributed by atoms with E-state index in [2.05, 4.69) is 15.2 Å². The summed E-state index contributed by atoms with van der Waals surface area (Å²) in [6.07, 6.45) is -0.291. The molecule has 1 amide bonds. The van der Waals surface area contributed by atoms with Crippen molar-refractivity contribution >= 4 is 12.0 Å². The molecule has 1 aromatic heterocycles. The van der Waals surface area contributed by atoms with Gasteiger partial charge in [-0.05, 0) is 20.8 Å². The molecule has 7 nitrogen and oxygen atoms in total. The molecule has 94 valence electrons. The number of hydrogen-bond acceptors (Lipinski definition) is 5. The number of likely N-dealkylation sites (tertiary alicyclic amines) is 1. The zero-order chi connectivity index (χ0) is 12.6. The van der Waals surface area contributed by atoms with E-state index in [0.29, 0.717) is 13.1 Å². The molecule has 0 saturated carbocycles. The number of nitrogens with zero attached hydrogens (tertiary/aromatic N) is 3. The molecule has 0 radical (unpaired) electrons. The third-order valence-corrected chi connectivity index (χ3v) is 2.44. The zero-order valence-electron chi connectivity index (χ0n) is 10.2. The molecule has 17 heavy (non-hydrogen) atoms. The monoisotopic (exact) mass is 239 g/mol. The van der Waals surface area contributed by atoms with E-state index in [0.717, 1.165) is 5.82 Å². The summed E-state index contributed by atoms with van der Waals surface area (Å²) in [5, 5.41) is 6.51. The van der Waals surface area contributed by atoms with E-state index in [-0.39, 0.29) is 18.0 Å². The number of aromatic amines is 1. The highest BCUT2D eigenvalue weighted by molar-refractivity contribution is 5.69. The van der Waals surface area contributed by atoms with Gasteiger partial charge >= 0.3 is 6.09 Å². The van der Waals surface area contributed by atoms with Crippen LogP contribution in [-0.2, 0) is 4.74 Å². The third kappa shape index (κ3) is 2.66. The number of carbonyl (C=O) groups excluding carboxylic acids is 1. The number of nitrogens with two attached hydrogens (primary N) is 1. The largest absolute Gasteiger partial charge is 0.444 e. The Morgan fingerprint density at radius 1 is 1.53 bits per heavy atom. The van der Waals surface area contributed by atoms with Gasteiger partial charge in [-0.15, -0.1) is 5.10 Å². The van der Waals surface area contributed by atoms with Gasteiger partial charge in [0.2, 0.25) is 5.95 Å². The Morgan fingerprint density at radius 3 is 2.65 bits per heavy atom. The minimum absolute atomic E-state index is 0.173. The Kier molecular flexibility index (Phi) is 2.68. The average molecular weight is 239 g/mol. The predicted octanol–water partition coefficient (Wildman–Crippen LogP) is 0.721. The number of carbonyl (C=O) groups is 1. The molecule has 3 N–H and O–H groups in total. The van der Waals surface area contributed by atoms with Crippen molar-refractivity contribution in [2.45, 2.75) is 32.3 Å². The molecular weight excluding hydrogens is 222 g/mol. The molecule has 2 rings (SSSR count). The minimum atomic E-state index is -0.459. The zero-order valence-corrected chi connectivity index (χ0v) is 10.2. The molecule has 0 spiro atoms. The van der Waals surface area contributed by atoms with Crippen LogP contribution in [0.4, 0.5) is 10.7 Å². The summed E-state index contributed by atoms with van der Waals surface area (Å²) in [5.74, 6) is 1.13. The Bertz CT molecular complexity index is 417. The first kappa shape index (κ1) is 11.7. The Balaban J connectivity index is 1.85. The molecule has 0 atom stereocenters. The molecule has 1 fully saturated rings. The van der Waals surface area contributed by atoms with Crippen LogP contribution in [0.3, 0.4) is 0 Å². The fourth-order valence-electron chi connectivity index (χ4n) is 1.60. The summed E-state index contributed by atoms with van der Waals surface area (Å²) in [7, 11) is 0. The summed E-state index contributed by atoms with van der Waals surface area (Å²) in [6, 6.07) is 0. The molecule has 0 bridgehead atoms. The SMILES string of the molecule is CC(C)(C)OC(=O)N1CC(c2nc(N)n[nH]2)C1. The van der Waals surface area contributed by atoms with Crippen LogP contribution in [0.5, 0.6) is 0 Å². The maximum atomic E-state index is 11.7. The highest BCUT2D eigenvalue weighted by Gasteiger charge is 2.36. The van der Waals surface area contributed by atoms with Crippen LogP contribution in [0, 0.1) is 0 Å². The van der Waals surface area contributed by atoms with E-state index in [1.807, 2.05) is 20.8 Å². The van der Waals surface area contributed by atoms with Gasteiger partial charge in [0, 0.05) is 13.1 Å². The lowest BCUT2D eigenvalue weighted by molar-refractivity contribution is 0.00755. The Hall–Kier alpha value is -1.79. The van der Waals surface area contributed by atoms with Gasteiger partial charge in [0.05, 0.1) is 5.92 Å². The fourth-order valence-corrected chi connectivity index (χ4v) is 1.60. The molecular formula is C10H17N5O2. The second-order valence-corrected chi connectivity index (χ2v) is 5.16. The van der Waals surface area contributed by atoms with Crippen LogP contribution in [0.1, 0.15) is 32.5 Å². The summed E-state index contributed by atoms with van der Waals surface area (Å²) in [4.78, 5) is 17.3. The van der Waals surface area contributed by atoms with Crippen molar-refractivity contribution < 1.29 is 9.53 Å². The van der Waals surface area contributed by atoms with Crippen LogP contribution in [0.15, 0.2) is 0 Å². The van der Waals surface area contributed by atoms with Crippen molar-refractivity contribution in [2.75, 3.05) is 18.8 Å². The number of nitrogen functional groups attached to an aromatic ring is 1. The van der Waals surface area contributed by atoms with Crippen molar-refractivity contribution in [3.8, 4) is 0 Å². The number of aromatic nitrogens is 3. The molecule has 0 unspecified atom stereocenters. The number of hydrogen-bond donors (Lipinski definition) is 2. The van der Waals surface area contributed by atoms with Crippen molar-refractivity contribution in [1.29, 1.82) is 0 Å². The van der Waals surface area contributed by atoms with E-state index >= 15 is 0 Å². The van der Waals surface area contributed by atoms with Gasteiger partial charge in [-0.2, -0.15) is 4.98 Å². The van der Waals surface area contributed by atoms with Gasteiger partial charge in [-0.25, -0.2) is 4.79 Å². The lowest BCUT2D eigenvalue weighted by Gasteiger charge is -2.38. The standard InChI is InChI=1S/C10H17N5O2/c1-10(2,3)17-9(16)15-4-6(5-15)7-12-8(11)14-13-7/h6H,4-5H2,1-3H3,(H3,11,12,13,14). The summed E-state index contributed by atoms with van der Waals surface area (Å²) in [5.41, 5.74) is 4.95. The Morgan fingerprint density at radius 2 is 2.18 bits per heavy atom. The quantitative estimate of drug-likeness (QED) is 0.752. The highest BCUT2D eigenvalue weighted by atomic mass is 16.6. The molecule has 1 aliphatic rings. The summed E-state index contributed by atoms with van der Waals surface area (Å²) < 4.78 is 5.25. The minimum Gasteiger partial charge on any atom is -0.444 e. The van der Waals surface area contributed by atoms with Crippen LogP contribution in [0.2, 0.25) is 0 Å². The maximum absolute atomic E-state index is 11.7. The van der Waals surface area contributed by atoms with Crippen molar-refractivity contribution in [2.24, 2.45) is 0 Å². The summed E-state index contributed by atoms with van der Waals surface area (Å²) >= 11 is 0. The van der Waals surface area contributed by atoms with Gasteiger partial charge in [0.15, 0.2) is 0 Å². The van der Waals surface area contributed by atoms with Gasteiger partial charge < -0.3 is 15.4 Å². The van der Waals surface area contributed by atoms with E-state index < -0.39 is 5.60 Å². The molecule has 7 heteroatoms. The number of anilines is 1. The topological polar surface area (TPSA) is 97.1 Å². The van der Waals surface area contributed by atoms with Crippen molar-refractivity contribution in [3.63, 3.8) is 0 Å². The van der Waals surface area contributed by atoms with E-state index in [1.165, 1.54) is 0 Å². The normalized spacial score (nSPS) is 16.8. The van der Waals surface area contributed by atoms with E-state index in [4.69, 9.17) is 10.5 Å². The number of ether oxygens (including phenoxy) is 1. The van der Waals surface area contributed by atoms with Gasteiger partial charge in [0.25, 0.3) is 0 Å². The molecule has 0 aromatic carbocycles. The lowest BCUT2D eigenvalue weighted by Crippen LogP contribution is -2.50. The molecule has 1 aromatic rings. The van der Waals surface area contributed by atoms with Gasteiger partial charge in [0.1, 0.15) is 11.4 Å². The Labute approximate surface area is 99.3 Å². The summed E-state index contributed by atoms with van der Waals surface area (Å²) in [6.45, 7) is 6.71. The lowest BCUT2D eigenvalue weighted by atomic mass is 10.0. The first-order valence-electron chi connectivity index (χ1n) is 5.51. The smallest absolute Gasteiger partial charge is 0.410 e. The number of nitrogens with one attached hydrogen (secondary N) is 1. The highest BCUT2D eigenvalue weighted by Crippen LogP contribution is 2.26. The first-order chi connectivity index (χ1) is 7.85. The van der Waals surface area contributed by atoms with Crippen LogP contribution in [-0.4, -0.2) is 44.9 Å². The molecule has 0 aliphatic carbocycles. The molecule has 1 saturated heterocycles. The fraction of sp³-hybridized carbons (Fsp3) is 0.700. The maximum Gasteiger partial charge on any atom is 0.410 e. The van der Waals surface area contributed by atoms with E-state index in [1.54, 1.807) is 4.90 Å². The van der Waals surface area contributed by atoms with Crippen LogP contribution >= 0.6 is 0 Å². The second kappa shape index (κ2) is 3.90. The van der Waals surface area contributed by atoms with Gasteiger partial charge in [-0.1, -0.05) is 0 Å². The van der Waals surface area contributed by atoms with Crippen molar-refractivity contribution in [1.82, 2.24) is 20.1 Å². The molecule has 2 heterocycles. The van der Waals surface area contributed by atoms with Crippen LogP contribution in [0.25, 0.3) is 0 Å². The number of amides is 1. The van der Waals surface area contributed by atoms with Crippen molar-refractivity contribution in [3.05, 3.63) is 5.82 Å². The number of H-pyrrole nitrogens is 1. The van der Waals surface area contributed by atoms with E-state index in [9.17, 15) is 4.79 Å².